The third-order valence-corrected chi connectivity index (χ3v) is 2.98. The van der Waals surface area contributed by atoms with Gasteiger partial charge in [-0.1, -0.05) is 24.3 Å². The number of nitrogens with zero attached hydrogens (tertiary/aromatic N) is 1. The number of aldehydes is 1. The molecule has 2 aromatic rings. The number of aromatic nitrogens is 1. The molecule has 0 aliphatic rings. The van der Waals surface area contributed by atoms with Gasteiger partial charge in [0.2, 0.25) is 0 Å². The van der Waals surface area contributed by atoms with Gasteiger partial charge in [0.15, 0.2) is 6.29 Å². The van der Waals surface area contributed by atoms with E-state index in [2.05, 4.69) is 20.9 Å². The van der Waals surface area contributed by atoms with Crippen LogP contribution in [0.3, 0.4) is 0 Å². The fraction of sp³-hybridized carbons (Fsp3) is 0. The van der Waals surface area contributed by atoms with Crippen molar-refractivity contribution in [3.05, 3.63) is 52.6 Å². The number of carbonyl (C=O) groups is 1. The summed E-state index contributed by atoms with van der Waals surface area (Å²) in [6, 6.07) is 11.2. The van der Waals surface area contributed by atoms with Gasteiger partial charge in [0.1, 0.15) is 0 Å². The van der Waals surface area contributed by atoms with Crippen LogP contribution in [0.1, 0.15) is 10.4 Å². The number of hydrogen-bond acceptors (Lipinski definition) is 2. The van der Waals surface area contributed by atoms with Gasteiger partial charge in [-0.15, -0.1) is 0 Å². The molecule has 2 nitrogen and oxygen atoms in total. The predicted molar refractivity (Wildman–Crippen MR) is 62.8 cm³/mol. The summed E-state index contributed by atoms with van der Waals surface area (Å²) < 4.78 is 0.790. The number of hydrogen-bond donors (Lipinski definition) is 0. The average Bonchev–Trinajstić information content (AvgIpc) is 2.30. The van der Waals surface area contributed by atoms with Crippen LogP contribution in [0.4, 0.5) is 0 Å². The summed E-state index contributed by atoms with van der Waals surface area (Å²) in [4.78, 5) is 15.0. The first-order valence-electron chi connectivity index (χ1n) is 4.48. The largest absolute Gasteiger partial charge is 0.298 e. The van der Waals surface area contributed by atoms with Gasteiger partial charge in [0, 0.05) is 21.8 Å². The van der Waals surface area contributed by atoms with Crippen LogP contribution in [0.2, 0.25) is 0 Å². The Balaban J connectivity index is 2.59. The predicted octanol–water partition coefficient (Wildman–Crippen LogP) is 3.32. The normalized spacial score (nSPS) is 9.93. The van der Waals surface area contributed by atoms with Crippen LogP contribution in [0.15, 0.2) is 47.1 Å². The van der Waals surface area contributed by atoms with Crippen LogP contribution in [-0.4, -0.2) is 11.3 Å². The van der Waals surface area contributed by atoms with E-state index < -0.39 is 0 Å². The van der Waals surface area contributed by atoms with Gasteiger partial charge in [-0.2, -0.15) is 0 Å². The number of halogens is 1. The molecule has 0 N–H and O–H groups in total. The van der Waals surface area contributed by atoms with E-state index in [-0.39, 0.29) is 0 Å². The summed E-state index contributed by atoms with van der Waals surface area (Å²) in [5.74, 6) is 0. The monoisotopic (exact) mass is 261 g/mol. The zero-order valence-corrected chi connectivity index (χ0v) is 9.44. The second kappa shape index (κ2) is 4.36. The molecule has 0 spiro atoms. The molecule has 0 saturated carbocycles. The lowest BCUT2D eigenvalue weighted by Gasteiger charge is -2.04. The van der Waals surface area contributed by atoms with Crippen molar-refractivity contribution in [1.29, 1.82) is 0 Å². The van der Waals surface area contributed by atoms with Crippen LogP contribution in [0.5, 0.6) is 0 Å². The van der Waals surface area contributed by atoms with E-state index in [0.717, 1.165) is 22.0 Å². The van der Waals surface area contributed by atoms with Crippen molar-refractivity contribution in [2.45, 2.75) is 0 Å². The zero-order valence-electron chi connectivity index (χ0n) is 7.85. The van der Waals surface area contributed by atoms with Crippen molar-refractivity contribution in [3.8, 4) is 11.3 Å². The topological polar surface area (TPSA) is 30.0 Å². The van der Waals surface area contributed by atoms with Gasteiger partial charge in [-0.3, -0.25) is 9.78 Å². The number of rotatable bonds is 2. The Morgan fingerprint density at radius 1 is 1.13 bits per heavy atom. The molecule has 15 heavy (non-hydrogen) atoms. The van der Waals surface area contributed by atoms with E-state index in [9.17, 15) is 4.79 Å². The van der Waals surface area contributed by atoms with Crippen molar-refractivity contribution in [2.75, 3.05) is 0 Å². The van der Waals surface area contributed by atoms with Gasteiger partial charge in [0.05, 0.1) is 5.69 Å². The molecule has 0 saturated heterocycles. The van der Waals surface area contributed by atoms with Gasteiger partial charge >= 0.3 is 0 Å². The maximum atomic E-state index is 10.8. The molecule has 0 bridgehead atoms. The van der Waals surface area contributed by atoms with E-state index in [1.807, 2.05) is 30.3 Å². The Kier molecular flexibility index (Phi) is 2.92. The molecule has 3 heteroatoms. The average molecular weight is 262 g/mol. The molecule has 1 aromatic heterocycles. The van der Waals surface area contributed by atoms with Crippen LogP contribution in [0.25, 0.3) is 11.3 Å². The van der Waals surface area contributed by atoms with Crippen LogP contribution >= 0.6 is 15.9 Å². The molecule has 0 aliphatic heterocycles. The van der Waals surface area contributed by atoms with Gasteiger partial charge < -0.3 is 0 Å². The molecular weight excluding hydrogens is 254 g/mol. The fourth-order valence-electron chi connectivity index (χ4n) is 1.36. The van der Waals surface area contributed by atoms with Crippen molar-refractivity contribution in [2.24, 2.45) is 0 Å². The third-order valence-electron chi connectivity index (χ3n) is 2.10. The lowest BCUT2D eigenvalue weighted by atomic mass is 10.1. The number of benzene rings is 1. The summed E-state index contributed by atoms with van der Waals surface area (Å²) in [6.07, 6.45) is 2.56. The quantitative estimate of drug-likeness (QED) is 0.777. The first-order chi connectivity index (χ1) is 7.33. The van der Waals surface area contributed by atoms with Gasteiger partial charge in [-0.05, 0) is 28.1 Å². The Hall–Kier alpha value is -1.48. The van der Waals surface area contributed by atoms with E-state index in [4.69, 9.17) is 0 Å². The highest BCUT2D eigenvalue weighted by atomic mass is 79.9. The number of carbonyl (C=O) groups excluding carboxylic acids is 1. The molecule has 1 aromatic carbocycles. The summed E-state index contributed by atoms with van der Waals surface area (Å²) in [5.41, 5.74) is 2.42. The highest BCUT2D eigenvalue weighted by molar-refractivity contribution is 9.10. The lowest BCUT2D eigenvalue weighted by molar-refractivity contribution is 0.112. The fourth-order valence-corrected chi connectivity index (χ4v) is 1.92. The first kappa shape index (κ1) is 10.1. The lowest BCUT2D eigenvalue weighted by Crippen LogP contribution is -1.88. The zero-order chi connectivity index (χ0) is 10.7. The maximum Gasteiger partial charge on any atom is 0.151 e. The van der Waals surface area contributed by atoms with Crippen molar-refractivity contribution >= 4 is 22.2 Å². The molecule has 0 aliphatic carbocycles. The molecule has 2 rings (SSSR count). The summed E-state index contributed by atoms with van der Waals surface area (Å²) in [7, 11) is 0. The van der Waals surface area contributed by atoms with E-state index in [1.165, 1.54) is 0 Å². The van der Waals surface area contributed by atoms with Crippen LogP contribution in [-0.2, 0) is 0 Å². The second-order valence-electron chi connectivity index (χ2n) is 3.04. The summed E-state index contributed by atoms with van der Waals surface area (Å²) in [5, 5.41) is 0. The third kappa shape index (κ3) is 1.97. The molecule has 0 radical (unpaired) electrons. The minimum absolute atomic E-state index is 0.637. The Morgan fingerprint density at radius 3 is 2.67 bits per heavy atom. The van der Waals surface area contributed by atoms with E-state index in [1.54, 1.807) is 12.3 Å². The molecule has 0 amide bonds. The molecule has 0 atom stereocenters. The minimum atomic E-state index is 0.637. The Bertz CT molecular complexity index is 482. The summed E-state index contributed by atoms with van der Waals surface area (Å²) in [6.45, 7) is 0. The van der Waals surface area contributed by atoms with Gasteiger partial charge in [-0.25, -0.2) is 0 Å². The SMILES string of the molecule is O=Cc1cccc(-c2ccccn2)c1Br. The van der Waals surface area contributed by atoms with Crippen molar-refractivity contribution < 1.29 is 4.79 Å². The number of pyridine rings is 1. The molecule has 1 heterocycles. The minimum Gasteiger partial charge on any atom is -0.298 e. The first-order valence-corrected chi connectivity index (χ1v) is 5.27. The highest BCUT2D eigenvalue weighted by Crippen LogP contribution is 2.28. The smallest absolute Gasteiger partial charge is 0.151 e. The maximum absolute atomic E-state index is 10.8. The second-order valence-corrected chi connectivity index (χ2v) is 3.83. The van der Waals surface area contributed by atoms with Gasteiger partial charge in [0.25, 0.3) is 0 Å². The summed E-state index contributed by atoms with van der Waals surface area (Å²) >= 11 is 3.41. The van der Waals surface area contributed by atoms with E-state index in [0.29, 0.717) is 5.56 Å². The Labute approximate surface area is 96.1 Å². The molecule has 0 fully saturated rings. The molecule has 74 valence electrons. The van der Waals surface area contributed by atoms with Crippen molar-refractivity contribution in [1.82, 2.24) is 4.98 Å². The highest BCUT2D eigenvalue weighted by Gasteiger charge is 2.06. The standard InChI is InChI=1S/C12H8BrNO/c13-12-9(8-15)4-3-5-10(12)11-6-1-2-7-14-11/h1-8H. The van der Waals surface area contributed by atoms with E-state index >= 15 is 0 Å². The van der Waals surface area contributed by atoms with Crippen LogP contribution < -0.4 is 0 Å². The Morgan fingerprint density at radius 2 is 2.00 bits per heavy atom. The van der Waals surface area contributed by atoms with Crippen LogP contribution in [0, 0.1) is 0 Å². The molecule has 0 unspecified atom stereocenters. The van der Waals surface area contributed by atoms with Crippen molar-refractivity contribution in [3.63, 3.8) is 0 Å². The molecular formula is C12H8BrNO.